The van der Waals surface area contributed by atoms with Gasteiger partial charge in [0, 0.05) is 31.5 Å². The van der Waals surface area contributed by atoms with Crippen LogP contribution in [-0.2, 0) is 13.1 Å². The highest BCUT2D eigenvalue weighted by Gasteiger charge is 2.19. The summed E-state index contributed by atoms with van der Waals surface area (Å²) in [5, 5.41) is 3.50. The summed E-state index contributed by atoms with van der Waals surface area (Å²) in [6.07, 6.45) is 6.82. The van der Waals surface area contributed by atoms with Gasteiger partial charge in [-0.1, -0.05) is 6.07 Å². The van der Waals surface area contributed by atoms with E-state index in [9.17, 15) is 4.39 Å². The number of halogens is 1. The van der Waals surface area contributed by atoms with E-state index in [0.29, 0.717) is 0 Å². The van der Waals surface area contributed by atoms with Crippen molar-refractivity contribution < 1.29 is 4.39 Å². The largest absolute Gasteiger partial charge is 0.350 e. The lowest BCUT2D eigenvalue weighted by atomic mass is 10.1. The lowest BCUT2D eigenvalue weighted by Crippen LogP contribution is -2.14. The van der Waals surface area contributed by atoms with E-state index >= 15 is 0 Å². The Balaban J connectivity index is 1.66. The molecule has 1 aliphatic carbocycles. The smallest absolute Gasteiger partial charge is 0.123 e. The fraction of sp³-hybridized carbons (Fsp3) is 0.375. The first-order valence-electron chi connectivity index (χ1n) is 6.84. The molecule has 0 unspecified atom stereocenters. The van der Waals surface area contributed by atoms with Crippen LogP contribution in [0.5, 0.6) is 0 Å². The van der Waals surface area contributed by atoms with Gasteiger partial charge in [-0.2, -0.15) is 0 Å². The monoisotopic (exact) mass is 258 g/mol. The first kappa shape index (κ1) is 12.4. The summed E-state index contributed by atoms with van der Waals surface area (Å²) in [5.41, 5.74) is 3.46. The van der Waals surface area contributed by atoms with Crippen LogP contribution in [0.1, 0.15) is 29.5 Å². The minimum atomic E-state index is -0.164. The predicted octanol–water partition coefficient (Wildman–Crippen LogP) is 3.24. The summed E-state index contributed by atoms with van der Waals surface area (Å²) in [4.78, 5) is 0. The summed E-state index contributed by atoms with van der Waals surface area (Å²) in [6.45, 7) is 3.68. The second-order valence-electron chi connectivity index (χ2n) is 5.42. The minimum absolute atomic E-state index is 0.164. The zero-order chi connectivity index (χ0) is 13.2. The van der Waals surface area contributed by atoms with Gasteiger partial charge in [0.05, 0.1) is 0 Å². The molecule has 0 bridgehead atoms. The molecule has 1 aromatic heterocycles. The van der Waals surface area contributed by atoms with Gasteiger partial charge in [0.15, 0.2) is 0 Å². The summed E-state index contributed by atoms with van der Waals surface area (Å²) in [7, 11) is 0. The number of benzene rings is 1. The number of hydrogen-bond donors (Lipinski definition) is 1. The average molecular weight is 258 g/mol. The highest BCUT2D eigenvalue weighted by molar-refractivity contribution is 5.27. The lowest BCUT2D eigenvalue weighted by molar-refractivity contribution is 0.622. The Morgan fingerprint density at radius 3 is 2.95 bits per heavy atom. The van der Waals surface area contributed by atoms with Gasteiger partial charge in [-0.3, -0.25) is 0 Å². The van der Waals surface area contributed by atoms with Crippen LogP contribution in [0.15, 0.2) is 36.7 Å². The van der Waals surface area contributed by atoms with E-state index in [2.05, 4.69) is 28.3 Å². The predicted molar refractivity (Wildman–Crippen MR) is 74.5 cm³/mol. The Morgan fingerprint density at radius 2 is 2.16 bits per heavy atom. The summed E-state index contributed by atoms with van der Waals surface area (Å²) < 4.78 is 15.4. The van der Waals surface area contributed by atoms with Crippen molar-refractivity contribution in [3.63, 3.8) is 0 Å². The molecule has 2 aromatic rings. The van der Waals surface area contributed by atoms with Crippen molar-refractivity contribution in [1.29, 1.82) is 0 Å². The molecule has 0 aliphatic heterocycles. The van der Waals surface area contributed by atoms with Gasteiger partial charge in [-0.25, -0.2) is 4.39 Å². The number of aryl methyl sites for hydroxylation is 1. The van der Waals surface area contributed by atoms with Crippen LogP contribution >= 0.6 is 0 Å². The molecule has 1 aromatic carbocycles. The Morgan fingerprint density at radius 1 is 1.32 bits per heavy atom. The van der Waals surface area contributed by atoms with Crippen LogP contribution < -0.4 is 5.32 Å². The fourth-order valence-corrected chi connectivity index (χ4v) is 2.25. The molecule has 0 saturated heterocycles. The number of hydrogen-bond acceptors (Lipinski definition) is 1. The van der Waals surface area contributed by atoms with Gasteiger partial charge in [0.2, 0.25) is 0 Å². The molecule has 3 heteroatoms. The van der Waals surface area contributed by atoms with Crippen molar-refractivity contribution in [2.24, 2.45) is 0 Å². The molecule has 0 spiro atoms. The molecule has 2 nitrogen and oxygen atoms in total. The van der Waals surface area contributed by atoms with Crippen LogP contribution in [0.3, 0.4) is 0 Å². The molecule has 100 valence electrons. The highest BCUT2D eigenvalue weighted by atomic mass is 19.1. The SMILES string of the molecule is Cc1ccc(F)cc1Cn1ccc(CNC2CC2)c1. The number of nitrogens with one attached hydrogen (secondary N) is 1. The van der Waals surface area contributed by atoms with E-state index in [-0.39, 0.29) is 5.82 Å². The Hall–Kier alpha value is -1.61. The second-order valence-corrected chi connectivity index (χ2v) is 5.42. The third-order valence-corrected chi connectivity index (χ3v) is 3.65. The first-order chi connectivity index (χ1) is 9.20. The van der Waals surface area contributed by atoms with E-state index in [1.807, 2.05) is 13.0 Å². The van der Waals surface area contributed by atoms with Crippen LogP contribution in [-0.4, -0.2) is 10.6 Å². The van der Waals surface area contributed by atoms with Gasteiger partial charge in [-0.05, 0) is 54.7 Å². The summed E-state index contributed by atoms with van der Waals surface area (Å²) in [6, 6.07) is 7.83. The van der Waals surface area contributed by atoms with Gasteiger partial charge >= 0.3 is 0 Å². The van der Waals surface area contributed by atoms with Crippen molar-refractivity contribution in [3.05, 3.63) is 59.2 Å². The maximum absolute atomic E-state index is 13.3. The van der Waals surface area contributed by atoms with Crippen LogP contribution in [0.4, 0.5) is 4.39 Å². The highest BCUT2D eigenvalue weighted by Crippen LogP contribution is 2.19. The molecule has 1 N–H and O–H groups in total. The third kappa shape index (κ3) is 3.24. The molecular weight excluding hydrogens is 239 g/mol. The van der Waals surface area contributed by atoms with Crippen molar-refractivity contribution in [2.45, 2.75) is 38.9 Å². The molecule has 0 atom stereocenters. The van der Waals surface area contributed by atoms with E-state index < -0.39 is 0 Å². The number of aromatic nitrogens is 1. The lowest BCUT2D eigenvalue weighted by Gasteiger charge is -2.07. The van der Waals surface area contributed by atoms with Crippen molar-refractivity contribution >= 4 is 0 Å². The molecule has 19 heavy (non-hydrogen) atoms. The average Bonchev–Trinajstić information content (AvgIpc) is 3.12. The standard InChI is InChI=1S/C16H19FN2/c1-12-2-3-15(17)8-14(12)11-19-7-6-13(10-19)9-18-16-4-5-16/h2-3,6-8,10,16,18H,4-5,9,11H2,1H3. The van der Waals surface area contributed by atoms with Gasteiger partial charge in [0.1, 0.15) is 5.82 Å². The molecule has 1 heterocycles. The van der Waals surface area contributed by atoms with Crippen molar-refractivity contribution in [3.8, 4) is 0 Å². The van der Waals surface area contributed by atoms with E-state index in [0.717, 1.165) is 30.3 Å². The third-order valence-electron chi connectivity index (χ3n) is 3.65. The number of nitrogens with zero attached hydrogens (tertiary/aromatic N) is 1. The quantitative estimate of drug-likeness (QED) is 0.871. The zero-order valence-electron chi connectivity index (χ0n) is 11.2. The number of rotatable bonds is 5. The fourth-order valence-electron chi connectivity index (χ4n) is 2.25. The maximum Gasteiger partial charge on any atom is 0.123 e. The van der Waals surface area contributed by atoms with Crippen LogP contribution in [0, 0.1) is 12.7 Å². The van der Waals surface area contributed by atoms with Gasteiger partial charge in [0.25, 0.3) is 0 Å². The molecule has 0 radical (unpaired) electrons. The second kappa shape index (κ2) is 5.17. The summed E-state index contributed by atoms with van der Waals surface area (Å²) >= 11 is 0. The topological polar surface area (TPSA) is 17.0 Å². The van der Waals surface area contributed by atoms with Gasteiger partial charge < -0.3 is 9.88 Å². The summed E-state index contributed by atoms with van der Waals surface area (Å²) in [5.74, 6) is -0.164. The maximum atomic E-state index is 13.3. The molecule has 1 fully saturated rings. The van der Waals surface area contributed by atoms with Gasteiger partial charge in [-0.15, -0.1) is 0 Å². The van der Waals surface area contributed by atoms with Crippen molar-refractivity contribution in [2.75, 3.05) is 0 Å². The van der Waals surface area contributed by atoms with Crippen LogP contribution in [0.25, 0.3) is 0 Å². The Labute approximate surface area is 113 Å². The van der Waals surface area contributed by atoms with E-state index in [1.165, 1.54) is 24.5 Å². The van der Waals surface area contributed by atoms with Crippen molar-refractivity contribution in [1.82, 2.24) is 9.88 Å². The molecule has 3 rings (SSSR count). The first-order valence-corrected chi connectivity index (χ1v) is 6.84. The zero-order valence-corrected chi connectivity index (χ0v) is 11.2. The molecular formula is C16H19FN2. The van der Waals surface area contributed by atoms with E-state index in [1.54, 1.807) is 6.07 Å². The molecule has 1 saturated carbocycles. The normalized spacial score (nSPS) is 14.8. The van der Waals surface area contributed by atoms with E-state index in [4.69, 9.17) is 0 Å². The minimum Gasteiger partial charge on any atom is -0.350 e. The Kier molecular flexibility index (Phi) is 3.38. The molecule has 0 amide bonds. The van der Waals surface area contributed by atoms with Crippen LogP contribution in [0.2, 0.25) is 0 Å². The Bertz CT molecular complexity index is 570. The molecule has 1 aliphatic rings.